The van der Waals surface area contributed by atoms with Crippen LogP contribution < -0.4 is 5.32 Å². The Kier molecular flexibility index (Phi) is 7.99. The number of aromatic nitrogens is 2. The highest BCUT2D eigenvalue weighted by Gasteiger charge is 2.27. The second-order valence-corrected chi connectivity index (χ2v) is 10.6. The van der Waals surface area contributed by atoms with E-state index >= 15 is 0 Å². The minimum Gasteiger partial charge on any atom is -0.307 e. The summed E-state index contributed by atoms with van der Waals surface area (Å²) in [5.41, 5.74) is 6.42. The Labute approximate surface area is 213 Å². The monoisotopic (exact) mass is 482 g/mol. The van der Waals surface area contributed by atoms with E-state index in [4.69, 9.17) is 4.98 Å². The predicted octanol–water partition coefficient (Wildman–Crippen LogP) is 6.47. The van der Waals surface area contributed by atoms with Gasteiger partial charge in [0.15, 0.2) is 0 Å². The molecule has 0 radical (unpaired) electrons. The molecule has 3 heterocycles. The molecule has 4 aromatic rings. The second kappa shape index (κ2) is 11.7. The van der Waals surface area contributed by atoms with Crippen molar-refractivity contribution in [1.29, 1.82) is 0 Å². The maximum Gasteiger partial charge on any atom is 0.0607 e. The molecule has 1 unspecified atom stereocenters. The van der Waals surface area contributed by atoms with Gasteiger partial charge < -0.3 is 5.32 Å². The maximum atomic E-state index is 4.85. The molecule has 0 amide bonds. The Morgan fingerprint density at radius 2 is 1.69 bits per heavy atom. The number of rotatable bonds is 10. The molecule has 0 spiro atoms. The van der Waals surface area contributed by atoms with Gasteiger partial charge in [0.25, 0.3) is 0 Å². The third kappa shape index (κ3) is 6.23. The Hall–Kier alpha value is -2.86. The summed E-state index contributed by atoms with van der Waals surface area (Å²) in [5, 5.41) is 3.50. The van der Waals surface area contributed by atoms with Crippen LogP contribution in [0.25, 0.3) is 0 Å². The van der Waals surface area contributed by atoms with Gasteiger partial charge in [-0.15, -0.1) is 11.3 Å². The number of fused-ring (bicyclic) bond motifs is 1. The average molecular weight is 483 g/mol. The van der Waals surface area contributed by atoms with Crippen molar-refractivity contribution in [3.63, 3.8) is 0 Å². The van der Waals surface area contributed by atoms with E-state index < -0.39 is 0 Å². The smallest absolute Gasteiger partial charge is 0.0607 e. The van der Waals surface area contributed by atoms with Gasteiger partial charge in [0.1, 0.15) is 0 Å². The van der Waals surface area contributed by atoms with Crippen LogP contribution in [0.1, 0.15) is 63.6 Å². The lowest BCUT2D eigenvalue weighted by Gasteiger charge is -2.35. The van der Waals surface area contributed by atoms with Gasteiger partial charge in [0.2, 0.25) is 0 Å². The first-order valence-electron chi connectivity index (χ1n) is 12.7. The Balaban J connectivity index is 1.29. The van der Waals surface area contributed by atoms with Crippen LogP contribution >= 0.6 is 11.3 Å². The standard InChI is InChI=1S/C30H34N4S/c1-2-27-15-16-28(35-27)22-34(29-10-5-7-25-8-6-18-33-30(25)29)21-24-13-11-23(12-14-24)19-31-20-26-9-3-4-17-32-26/h3-4,6,8-9,11-18,29,31H,2,5,7,10,19-22H2,1H3. The SMILES string of the molecule is CCc1ccc(CN(Cc2ccc(CNCc3ccccn3)cc2)C2CCCc3cccnc32)s1. The normalized spacial score (nSPS) is 15.3. The highest BCUT2D eigenvalue weighted by molar-refractivity contribution is 7.11. The highest BCUT2D eigenvalue weighted by Crippen LogP contribution is 2.35. The van der Waals surface area contributed by atoms with E-state index in [0.29, 0.717) is 6.04 Å². The third-order valence-corrected chi connectivity index (χ3v) is 8.02. The first kappa shape index (κ1) is 23.9. The molecule has 1 N–H and O–H groups in total. The first-order valence-corrected chi connectivity index (χ1v) is 13.5. The van der Waals surface area contributed by atoms with Gasteiger partial charge in [0, 0.05) is 48.3 Å². The van der Waals surface area contributed by atoms with Gasteiger partial charge in [-0.2, -0.15) is 0 Å². The summed E-state index contributed by atoms with van der Waals surface area (Å²) in [4.78, 5) is 14.8. The van der Waals surface area contributed by atoms with Crippen LogP contribution in [0.5, 0.6) is 0 Å². The van der Waals surface area contributed by atoms with Crippen molar-refractivity contribution >= 4 is 11.3 Å². The summed E-state index contributed by atoms with van der Waals surface area (Å²) in [5.74, 6) is 0. The molecule has 5 heteroatoms. The summed E-state index contributed by atoms with van der Waals surface area (Å²) in [6.45, 7) is 5.77. The zero-order chi connectivity index (χ0) is 23.9. The van der Waals surface area contributed by atoms with Crippen LogP contribution in [0, 0.1) is 0 Å². The molecule has 0 fully saturated rings. The van der Waals surface area contributed by atoms with E-state index in [1.54, 1.807) is 0 Å². The molecule has 0 aliphatic heterocycles. The molecular weight excluding hydrogens is 448 g/mol. The quantitative estimate of drug-likeness (QED) is 0.281. The van der Waals surface area contributed by atoms with E-state index in [-0.39, 0.29) is 0 Å². The fourth-order valence-corrected chi connectivity index (χ4v) is 5.93. The average Bonchev–Trinajstić information content (AvgIpc) is 3.37. The van der Waals surface area contributed by atoms with Crippen molar-refractivity contribution in [3.8, 4) is 0 Å². The van der Waals surface area contributed by atoms with Crippen LogP contribution in [-0.2, 0) is 39.0 Å². The molecule has 4 nitrogen and oxygen atoms in total. The number of thiophene rings is 1. The van der Waals surface area contributed by atoms with Gasteiger partial charge >= 0.3 is 0 Å². The first-order chi connectivity index (χ1) is 17.3. The topological polar surface area (TPSA) is 41.0 Å². The summed E-state index contributed by atoms with van der Waals surface area (Å²) in [6, 6.07) is 24.5. The van der Waals surface area contributed by atoms with E-state index in [1.807, 2.05) is 35.9 Å². The Bertz CT molecular complexity index is 1200. The molecule has 0 saturated heterocycles. The summed E-state index contributed by atoms with van der Waals surface area (Å²) in [7, 11) is 0. The van der Waals surface area contributed by atoms with Gasteiger partial charge in [-0.1, -0.05) is 43.3 Å². The highest BCUT2D eigenvalue weighted by atomic mass is 32.1. The molecule has 5 rings (SSSR count). The predicted molar refractivity (Wildman–Crippen MR) is 144 cm³/mol. The lowest BCUT2D eigenvalue weighted by Crippen LogP contribution is -2.31. The Morgan fingerprint density at radius 1 is 0.857 bits per heavy atom. The van der Waals surface area contributed by atoms with Crippen molar-refractivity contribution in [3.05, 3.63) is 117 Å². The number of nitrogens with zero attached hydrogens (tertiary/aromatic N) is 3. The molecule has 1 aliphatic rings. The van der Waals surface area contributed by atoms with E-state index in [2.05, 4.69) is 76.7 Å². The minimum atomic E-state index is 0.367. The van der Waals surface area contributed by atoms with Crippen molar-refractivity contribution in [1.82, 2.24) is 20.2 Å². The summed E-state index contributed by atoms with van der Waals surface area (Å²) < 4.78 is 0. The van der Waals surface area contributed by atoms with E-state index in [9.17, 15) is 0 Å². The number of nitrogens with one attached hydrogen (secondary N) is 1. The summed E-state index contributed by atoms with van der Waals surface area (Å²) >= 11 is 1.95. The van der Waals surface area contributed by atoms with Gasteiger partial charge in [-0.3, -0.25) is 14.9 Å². The number of benzene rings is 1. The van der Waals surface area contributed by atoms with Crippen molar-refractivity contribution in [2.75, 3.05) is 0 Å². The third-order valence-electron chi connectivity index (χ3n) is 6.80. The van der Waals surface area contributed by atoms with Crippen LogP contribution in [0.3, 0.4) is 0 Å². The molecule has 180 valence electrons. The molecular formula is C30H34N4S. The summed E-state index contributed by atoms with van der Waals surface area (Å²) in [6.07, 6.45) is 8.46. The number of hydrogen-bond acceptors (Lipinski definition) is 5. The van der Waals surface area contributed by atoms with Crippen LogP contribution in [-0.4, -0.2) is 14.9 Å². The molecule has 3 aromatic heterocycles. The van der Waals surface area contributed by atoms with Crippen LogP contribution in [0.2, 0.25) is 0 Å². The zero-order valence-electron chi connectivity index (χ0n) is 20.5. The molecule has 1 atom stereocenters. The Morgan fingerprint density at radius 3 is 2.49 bits per heavy atom. The fourth-order valence-electron chi connectivity index (χ4n) is 4.95. The molecule has 35 heavy (non-hydrogen) atoms. The number of hydrogen-bond donors (Lipinski definition) is 1. The zero-order valence-corrected chi connectivity index (χ0v) is 21.3. The largest absolute Gasteiger partial charge is 0.307 e. The maximum absolute atomic E-state index is 4.85. The molecule has 1 aliphatic carbocycles. The van der Waals surface area contributed by atoms with Crippen LogP contribution in [0.4, 0.5) is 0 Å². The van der Waals surface area contributed by atoms with Gasteiger partial charge in [0.05, 0.1) is 17.4 Å². The second-order valence-electron chi connectivity index (χ2n) is 9.32. The van der Waals surface area contributed by atoms with Gasteiger partial charge in [-0.25, -0.2) is 0 Å². The van der Waals surface area contributed by atoms with Crippen molar-refractivity contribution in [2.24, 2.45) is 0 Å². The van der Waals surface area contributed by atoms with Crippen molar-refractivity contribution < 1.29 is 0 Å². The molecule has 0 bridgehead atoms. The fraction of sp³-hybridized carbons (Fsp3) is 0.333. The number of aryl methyl sites for hydroxylation is 2. The van der Waals surface area contributed by atoms with Crippen LogP contribution in [0.15, 0.2) is 79.1 Å². The number of pyridine rings is 2. The van der Waals surface area contributed by atoms with Crippen molar-refractivity contribution in [2.45, 2.75) is 64.8 Å². The molecule has 1 aromatic carbocycles. The lowest BCUT2D eigenvalue weighted by molar-refractivity contribution is 0.158. The van der Waals surface area contributed by atoms with E-state index in [1.165, 1.54) is 45.0 Å². The lowest BCUT2D eigenvalue weighted by atomic mass is 9.90. The minimum absolute atomic E-state index is 0.367. The van der Waals surface area contributed by atoms with Gasteiger partial charge in [-0.05, 0) is 72.7 Å². The van der Waals surface area contributed by atoms with E-state index in [0.717, 1.165) is 44.7 Å². The molecule has 0 saturated carbocycles.